The van der Waals surface area contributed by atoms with Crippen LogP contribution in [0, 0.1) is 5.82 Å². The number of amides is 1. The SMILES string of the molecule is CCN(CCCN1CCC(c2noc3cc(F)ccc23)CC1)C(=O)[C@H](C)O. The lowest BCUT2D eigenvalue weighted by Crippen LogP contribution is -2.40. The number of aliphatic hydroxyl groups excluding tert-OH is 1. The molecule has 1 amide bonds. The molecule has 1 saturated heterocycles. The number of aliphatic hydroxyl groups is 1. The van der Waals surface area contributed by atoms with Gasteiger partial charge in [0.1, 0.15) is 11.9 Å². The first kappa shape index (κ1) is 19.8. The van der Waals surface area contributed by atoms with Gasteiger partial charge in [0.05, 0.1) is 5.69 Å². The normalized spacial score (nSPS) is 17.3. The molecule has 27 heavy (non-hydrogen) atoms. The molecule has 0 aliphatic carbocycles. The fourth-order valence-corrected chi connectivity index (χ4v) is 3.83. The summed E-state index contributed by atoms with van der Waals surface area (Å²) in [6.45, 7) is 7.59. The highest BCUT2D eigenvalue weighted by Crippen LogP contribution is 2.32. The number of halogens is 1. The zero-order chi connectivity index (χ0) is 19.4. The topological polar surface area (TPSA) is 69.8 Å². The Morgan fingerprint density at radius 3 is 2.85 bits per heavy atom. The lowest BCUT2D eigenvalue weighted by molar-refractivity contribution is -0.139. The summed E-state index contributed by atoms with van der Waals surface area (Å²) >= 11 is 0. The molecule has 1 aromatic carbocycles. The first-order chi connectivity index (χ1) is 13.0. The molecule has 7 heteroatoms. The van der Waals surface area contributed by atoms with Gasteiger partial charge in [-0.1, -0.05) is 5.16 Å². The Bertz CT molecular complexity index is 769. The van der Waals surface area contributed by atoms with Crippen LogP contribution >= 0.6 is 0 Å². The first-order valence-electron chi connectivity index (χ1n) is 9.73. The monoisotopic (exact) mass is 377 g/mol. The minimum Gasteiger partial charge on any atom is -0.384 e. The van der Waals surface area contributed by atoms with Gasteiger partial charge in [0.2, 0.25) is 0 Å². The Morgan fingerprint density at radius 1 is 1.44 bits per heavy atom. The predicted molar refractivity (Wildman–Crippen MR) is 101 cm³/mol. The average molecular weight is 377 g/mol. The summed E-state index contributed by atoms with van der Waals surface area (Å²) in [5, 5.41) is 14.5. The number of hydrogen-bond acceptors (Lipinski definition) is 5. The van der Waals surface area contributed by atoms with Crippen LogP contribution < -0.4 is 0 Å². The van der Waals surface area contributed by atoms with Crippen molar-refractivity contribution in [2.24, 2.45) is 0 Å². The summed E-state index contributed by atoms with van der Waals surface area (Å²) in [7, 11) is 0. The number of carbonyl (C=O) groups excluding carboxylic acids is 1. The van der Waals surface area contributed by atoms with Gasteiger partial charge in [0.25, 0.3) is 5.91 Å². The third kappa shape index (κ3) is 4.65. The Morgan fingerprint density at radius 2 is 2.19 bits per heavy atom. The van der Waals surface area contributed by atoms with Crippen LogP contribution in [0.15, 0.2) is 22.7 Å². The van der Waals surface area contributed by atoms with E-state index in [9.17, 15) is 14.3 Å². The van der Waals surface area contributed by atoms with Crippen molar-refractivity contribution in [3.63, 3.8) is 0 Å². The number of benzene rings is 1. The molecule has 1 aliphatic heterocycles. The molecular weight excluding hydrogens is 349 g/mol. The summed E-state index contributed by atoms with van der Waals surface area (Å²) in [6.07, 6.45) is 1.93. The van der Waals surface area contributed by atoms with Crippen LogP contribution in [0.5, 0.6) is 0 Å². The molecule has 3 rings (SSSR count). The second-order valence-corrected chi connectivity index (χ2v) is 7.27. The Hall–Kier alpha value is -1.99. The molecule has 0 bridgehead atoms. The second-order valence-electron chi connectivity index (χ2n) is 7.27. The third-order valence-corrected chi connectivity index (χ3v) is 5.39. The minimum absolute atomic E-state index is 0.203. The number of fused-ring (bicyclic) bond motifs is 1. The van der Waals surface area contributed by atoms with Gasteiger partial charge in [-0.25, -0.2) is 4.39 Å². The van der Waals surface area contributed by atoms with Gasteiger partial charge in [0, 0.05) is 30.5 Å². The standard InChI is InChI=1S/C20H28FN3O3/c1-3-24(20(26)14(2)25)10-4-9-23-11-7-15(8-12-23)19-17-6-5-16(21)13-18(17)27-22-19/h5-6,13-15,25H,3-4,7-12H2,1-2H3/t14-/m0/s1. The zero-order valence-corrected chi connectivity index (χ0v) is 16.0. The van der Waals surface area contributed by atoms with E-state index >= 15 is 0 Å². The molecule has 0 spiro atoms. The van der Waals surface area contributed by atoms with E-state index in [2.05, 4.69) is 10.1 Å². The van der Waals surface area contributed by atoms with Crippen molar-refractivity contribution in [3.8, 4) is 0 Å². The van der Waals surface area contributed by atoms with Crippen LogP contribution in [0.1, 0.15) is 44.7 Å². The molecule has 1 aromatic heterocycles. The number of aromatic nitrogens is 1. The van der Waals surface area contributed by atoms with Crippen LogP contribution in [0.4, 0.5) is 4.39 Å². The highest BCUT2D eigenvalue weighted by Gasteiger charge is 2.25. The minimum atomic E-state index is -0.938. The number of piperidine rings is 1. The van der Waals surface area contributed by atoms with Crippen molar-refractivity contribution >= 4 is 16.9 Å². The van der Waals surface area contributed by atoms with Crippen LogP contribution in [0.3, 0.4) is 0 Å². The maximum atomic E-state index is 13.3. The summed E-state index contributed by atoms with van der Waals surface area (Å²) in [6, 6.07) is 4.59. The molecule has 1 atom stereocenters. The van der Waals surface area contributed by atoms with Crippen LogP contribution in [0.2, 0.25) is 0 Å². The molecule has 0 unspecified atom stereocenters. The first-order valence-corrected chi connectivity index (χ1v) is 9.73. The molecule has 148 valence electrons. The van der Waals surface area contributed by atoms with Crippen LogP contribution in [-0.4, -0.2) is 64.8 Å². The van der Waals surface area contributed by atoms with E-state index in [4.69, 9.17) is 4.52 Å². The summed E-state index contributed by atoms with van der Waals surface area (Å²) in [4.78, 5) is 16.0. The number of carbonyl (C=O) groups is 1. The molecule has 0 radical (unpaired) electrons. The van der Waals surface area contributed by atoms with Crippen molar-refractivity contribution in [1.29, 1.82) is 0 Å². The fourth-order valence-electron chi connectivity index (χ4n) is 3.83. The zero-order valence-electron chi connectivity index (χ0n) is 16.0. The van der Waals surface area contributed by atoms with E-state index in [1.165, 1.54) is 19.1 Å². The molecule has 6 nitrogen and oxygen atoms in total. The van der Waals surface area contributed by atoms with Crippen molar-refractivity contribution in [3.05, 3.63) is 29.7 Å². The van der Waals surface area contributed by atoms with E-state index in [1.807, 2.05) is 6.92 Å². The quantitative estimate of drug-likeness (QED) is 0.803. The van der Waals surface area contributed by atoms with Crippen molar-refractivity contribution in [2.75, 3.05) is 32.7 Å². The Balaban J connectivity index is 1.48. The maximum absolute atomic E-state index is 13.3. The van der Waals surface area contributed by atoms with Gasteiger partial charge >= 0.3 is 0 Å². The number of rotatable bonds is 7. The number of hydrogen-bond donors (Lipinski definition) is 1. The van der Waals surface area contributed by atoms with E-state index in [0.717, 1.165) is 50.0 Å². The van der Waals surface area contributed by atoms with E-state index in [-0.39, 0.29) is 11.7 Å². The lowest BCUT2D eigenvalue weighted by Gasteiger charge is -2.32. The summed E-state index contributed by atoms with van der Waals surface area (Å²) < 4.78 is 18.6. The summed E-state index contributed by atoms with van der Waals surface area (Å²) in [5.74, 6) is -0.183. The van der Waals surface area contributed by atoms with Gasteiger partial charge in [-0.3, -0.25) is 4.79 Å². The molecule has 2 heterocycles. The second kappa shape index (κ2) is 8.80. The van der Waals surface area contributed by atoms with Crippen molar-refractivity contribution in [1.82, 2.24) is 15.0 Å². The van der Waals surface area contributed by atoms with Gasteiger partial charge in [-0.2, -0.15) is 0 Å². The predicted octanol–water partition coefficient (Wildman–Crippen LogP) is 2.77. The van der Waals surface area contributed by atoms with E-state index in [0.29, 0.717) is 24.6 Å². The third-order valence-electron chi connectivity index (χ3n) is 5.39. The average Bonchev–Trinajstić information content (AvgIpc) is 3.08. The number of likely N-dealkylation sites (N-methyl/N-ethyl adjacent to an activating group) is 1. The van der Waals surface area contributed by atoms with Crippen LogP contribution in [-0.2, 0) is 4.79 Å². The van der Waals surface area contributed by atoms with Crippen molar-refractivity contribution < 1.29 is 18.8 Å². The van der Waals surface area contributed by atoms with Crippen LogP contribution in [0.25, 0.3) is 11.0 Å². The van der Waals surface area contributed by atoms with Gasteiger partial charge in [-0.15, -0.1) is 0 Å². The van der Waals surface area contributed by atoms with Gasteiger partial charge < -0.3 is 19.4 Å². The molecule has 0 saturated carbocycles. The molecular formula is C20H28FN3O3. The molecule has 1 aliphatic rings. The maximum Gasteiger partial charge on any atom is 0.251 e. The molecule has 1 N–H and O–H groups in total. The Kier molecular flexibility index (Phi) is 6.44. The van der Waals surface area contributed by atoms with E-state index < -0.39 is 6.10 Å². The van der Waals surface area contributed by atoms with E-state index in [1.54, 1.807) is 11.0 Å². The largest absolute Gasteiger partial charge is 0.384 e. The number of likely N-dealkylation sites (tertiary alicyclic amines) is 1. The van der Waals surface area contributed by atoms with Gasteiger partial charge in [0.15, 0.2) is 5.58 Å². The highest BCUT2D eigenvalue weighted by molar-refractivity contribution is 5.80. The lowest BCUT2D eigenvalue weighted by atomic mass is 9.91. The molecule has 2 aromatic rings. The van der Waals surface area contributed by atoms with Crippen molar-refractivity contribution in [2.45, 2.75) is 45.1 Å². The molecule has 1 fully saturated rings. The smallest absolute Gasteiger partial charge is 0.251 e. The number of nitrogens with zero attached hydrogens (tertiary/aromatic N) is 3. The summed E-state index contributed by atoms with van der Waals surface area (Å²) in [5.41, 5.74) is 1.44. The van der Waals surface area contributed by atoms with Gasteiger partial charge in [-0.05, 0) is 64.9 Å². The fraction of sp³-hybridized carbons (Fsp3) is 0.600. The Labute approximate surface area is 158 Å². The highest BCUT2D eigenvalue weighted by atomic mass is 19.1.